The van der Waals surface area contributed by atoms with E-state index < -0.39 is 13.9 Å². The van der Waals surface area contributed by atoms with Crippen LogP contribution in [0.2, 0.25) is 0 Å². The highest BCUT2D eigenvalue weighted by molar-refractivity contribution is 7.52. The first-order valence-electron chi connectivity index (χ1n) is 7.04. The van der Waals surface area contributed by atoms with Crippen molar-refractivity contribution in [3.8, 4) is 6.07 Å². The maximum absolute atomic E-state index is 9.58. The van der Waals surface area contributed by atoms with Crippen LogP contribution in [0.5, 0.6) is 0 Å². The van der Waals surface area contributed by atoms with E-state index in [-0.39, 0.29) is 0 Å². The van der Waals surface area contributed by atoms with Crippen molar-refractivity contribution < 1.29 is 4.52 Å². The molecule has 0 N–H and O–H groups in total. The lowest BCUT2D eigenvalue weighted by Crippen LogP contribution is -2.53. The van der Waals surface area contributed by atoms with Gasteiger partial charge in [0.15, 0.2) is 0 Å². The lowest BCUT2D eigenvalue weighted by atomic mass is 10.1. The summed E-state index contributed by atoms with van der Waals surface area (Å²) in [5, 5.41) is 9.58. The molecule has 0 aromatic heterocycles. The summed E-state index contributed by atoms with van der Waals surface area (Å²) in [4.78, 5) is 2.18. The molecule has 18 heavy (non-hydrogen) atoms. The lowest BCUT2D eigenvalue weighted by Gasteiger charge is -2.43. The SMILES string of the molecule is CC(C)N(C(C)C)C(C)(C#N)OP1CCCCC1. The van der Waals surface area contributed by atoms with E-state index in [1.165, 1.54) is 19.3 Å². The monoisotopic (exact) mass is 270 g/mol. The van der Waals surface area contributed by atoms with Crippen LogP contribution in [0.1, 0.15) is 53.9 Å². The van der Waals surface area contributed by atoms with E-state index in [4.69, 9.17) is 4.52 Å². The molecule has 1 rings (SSSR count). The van der Waals surface area contributed by atoms with Crippen LogP contribution < -0.4 is 0 Å². The summed E-state index contributed by atoms with van der Waals surface area (Å²) >= 11 is 0. The molecule has 0 aromatic carbocycles. The molecule has 1 saturated heterocycles. The van der Waals surface area contributed by atoms with E-state index in [0.717, 1.165) is 12.3 Å². The number of hydrogen-bond acceptors (Lipinski definition) is 3. The highest BCUT2D eigenvalue weighted by Gasteiger charge is 2.39. The minimum absolute atomic E-state index is 0.314. The van der Waals surface area contributed by atoms with Gasteiger partial charge in [0.25, 0.3) is 0 Å². The molecule has 1 atom stereocenters. The minimum Gasteiger partial charge on any atom is -0.324 e. The van der Waals surface area contributed by atoms with E-state index in [9.17, 15) is 5.26 Å². The molecule has 0 bridgehead atoms. The molecule has 1 aliphatic rings. The zero-order valence-corrected chi connectivity index (χ0v) is 13.3. The van der Waals surface area contributed by atoms with Crippen LogP contribution >= 0.6 is 8.15 Å². The Hall–Kier alpha value is -0.160. The zero-order chi connectivity index (χ0) is 13.8. The van der Waals surface area contributed by atoms with Gasteiger partial charge in [-0.25, -0.2) is 0 Å². The Morgan fingerprint density at radius 2 is 1.61 bits per heavy atom. The van der Waals surface area contributed by atoms with E-state index in [0.29, 0.717) is 12.1 Å². The predicted octanol–water partition coefficient (Wildman–Crippen LogP) is 3.94. The van der Waals surface area contributed by atoms with Gasteiger partial charge in [0.1, 0.15) is 6.07 Å². The molecule has 1 fully saturated rings. The molecule has 1 heterocycles. The van der Waals surface area contributed by atoms with Gasteiger partial charge in [-0.05, 0) is 59.8 Å². The molecule has 0 saturated carbocycles. The molecule has 104 valence electrons. The lowest BCUT2D eigenvalue weighted by molar-refractivity contribution is -0.0562. The standard InChI is InChI=1S/C14H27N2OP/c1-12(2)16(13(3)4)14(5,11-15)17-18-9-7-6-8-10-18/h12-13H,6-10H2,1-5H3. The predicted molar refractivity (Wildman–Crippen MR) is 77.7 cm³/mol. The van der Waals surface area contributed by atoms with Crippen molar-refractivity contribution >= 4 is 8.15 Å². The molecule has 4 heteroatoms. The van der Waals surface area contributed by atoms with Gasteiger partial charge in [-0.2, -0.15) is 5.26 Å². The summed E-state index contributed by atoms with van der Waals surface area (Å²) in [5.74, 6) is 0. The fourth-order valence-electron chi connectivity index (χ4n) is 2.91. The average Bonchev–Trinajstić information content (AvgIpc) is 2.29. The molecular weight excluding hydrogens is 243 g/mol. The van der Waals surface area contributed by atoms with Crippen molar-refractivity contribution in [1.29, 1.82) is 5.26 Å². The Labute approximate surface area is 113 Å². The number of rotatable bonds is 5. The zero-order valence-electron chi connectivity index (χ0n) is 12.4. The van der Waals surface area contributed by atoms with Gasteiger partial charge in [-0.1, -0.05) is 6.42 Å². The summed E-state index contributed by atoms with van der Waals surface area (Å²) in [7, 11) is -0.412. The number of nitrogens with zero attached hydrogens (tertiary/aromatic N) is 2. The second-order valence-electron chi connectivity index (χ2n) is 5.77. The summed E-state index contributed by atoms with van der Waals surface area (Å²) < 4.78 is 6.24. The van der Waals surface area contributed by atoms with Gasteiger partial charge in [-0.3, -0.25) is 4.90 Å². The van der Waals surface area contributed by atoms with E-state index >= 15 is 0 Å². The number of hydrogen-bond donors (Lipinski definition) is 0. The summed E-state index contributed by atoms with van der Waals surface area (Å²) in [6, 6.07) is 3.04. The largest absolute Gasteiger partial charge is 0.324 e. The summed E-state index contributed by atoms with van der Waals surface area (Å²) in [6.07, 6.45) is 6.17. The third kappa shape index (κ3) is 3.92. The van der Waals surface area contributed by atoms with Gasteiger partial charge in [0.2, 0.25) is 5.72 Å². The van der Waals surface area contributed by atoms with Crippen molar-refractivity contribution in [3.05, 3.63) is 0 Å². The van der Waals surface area contributed by atoms with Crippen molar-refractivity contribution in [3.63, 3.8) is 0 Å². The first-order valence-corrected chi connectivity index (χ1v) is 8.67. The van der Waals surface area contributed by atoms with Crippen LogP contribution in [0.3, 0.4) is 0 Å². The van der Waals surface area contributed by atoms with Crippen LogP contribution in [0.15, 0.2) is 0 Å². The Morgan fingerprint density at radius 1 is 1.11 bits per heavy atom. The minimum atomic E-state index is -0.772. The molecule has 0 aromatic rings. The Kier molecular flexibility index (Phi) is 6.05. The first-order chi connectivity index (χ1) is 8.40. The smallest absolute Gasteiger partial charge is 0.211 e. The second-order valence-corrected chi connectivity index (χ2v) is 7.81. The van der Waals surface area contributed by atoms with Crippen molar-refractivity contribution in [1.82, 2.24) is 4.90 Å². The van der Waals surface area contributed by atoms with Gasteiger partial charge >= 0.3 is 0 Å². The Bertz CT molecular complexity index is 287. The second kappa shape index (κ2) is 6.85. The Balaban J connectivity index is 2.79. The third-order valence-corrected chi connectivity index (χ3v) is 5.68. The van der Waals surface area contributed by atoms with Crippen molar-refractivity contribution in [2.45, 2.75) is 71.7 Å². The topological polar surface area (TPSA) is 36.3 Å². The van der Waals surface area contributed by atoms with E-state index in [2.05, 4.69) is 38.7 Å². The molecule has 0 aliphatic carbocycles. The van der Waals surface area contributed by atoms with Crippen molar-refractivity contribution in [2.24, 2.45) is 0 Å². The summed E-state index contributed by atoms with van der Waals surface area (Å²) in [5.41, 5.74) is -0.772. The average molecular weight is 270 g/mol. The van der Waals surface area contributed by atoms with Crippen LogP contribution in [-0.4, -0.2) is 35.0 Å². The Morgan fingerprint density at radius 3 is 2.00 bits per heavy atom. The van der Waals surface area contributed by atoms with Crippen LogP contribution in [0.4, 0.5) is 0 Å². The quantitative estimate of drug-likeness (QED) is 0.560. The fraction of sp³-hybridized carbons (Fsp3) is 0.929. The van der Waals surface area contributed by atoms with Crippen LogP contribution in [-0.2, 0) is 4.52 Å². The molecule has 3 nitrogen and oxygen atoms in total. The molecule has 1 unspecified atom stereocenters. The third-order valence-electron chi connectivity index (χ3n) is 3.43. The maximum atomic E-state index is 9.58. The maximum Gasteiger partial charge on any atom is 0.211 e. The molecule has 0 spiro atoms. The van der Waals surface area contributed by atoms with E-state index in [1.54, 1.807) is 0 Å². The molecule has 0 amide bonds. The normalized spacial score (nSPS) is 21.3. The number of nitriles is 1. The first kappa shape index (κ1) is 15.9. The highest BCUT2D eigenvalue weighted by Crippen LogP contribution is 2.47. The van der Waals surface area contributed by atoms with Gasteiger partial charge in [-0.15, -0.1) is 0 Å². The summed E-state index contributed by atoms with van der Waals surface area (Å²) in [6.45, 7) is 10.5. The van der Waals surface area contributed by atoms with Gasteiger partial charge < -0.3 is 4.52 Å². The fourth-order valence-corrected chi connectivity index (χ4v) is 5.11. The molecule has 1 aliphatic heterocycles. The van der Waals surface area contributed by atoms with Gasteiger partial charge in [0, 0.05) is 20.2 Å². The van der Waals surface area contributed by atoms with Crippen molar-refractivity contribution in [2.75, 3.05) is 12.3 Å². The van der Waals surface area contributed by atoms with Gasteiger partial charge in [0.05, 0.1) is 0 Å². The molecule has 0 radical (unpaired) electrons. The highest BCUT2D eigenvalue weighted by atomic mass is 31.1. The van der Waals surface area contributed by atoms with Crippen LogP contribution in [0, 0.1) is 11.3 Å². The van der Waals surface area contributed by atoms with Crippen LogP contribution in [0.25, 0.3) is 0 Å². The van der Waals surface area contributed by atoms with E-state index in [1.807, 2.05) is 6.92 Å². The molecular formula is C14H27N2OP.